The molecule has 0 unspecified atom stereocenters. The summed E-state index contributed by atoms with van der Waals surface area (Å²) in [5.41, 5.74) is 9.56. The fourth-order valence-corrected chi connectivity index (χ4v) is 6.83. The molecular weight excluding hydrogens is 510 g/mol. The average molecular weight is 548 g/mol. The third-order valence-electron chi connectivity index (χ3n) is 9.35. The number of pyridine rings is 1. The summed E-state index contributed by atoms with van der Waals surface area (Å²) in [6, 6.07) is 20.4. The fourth-order valence-electron chi connectivity index (χ4n) is 6.83. The number of rotatable bonds is 7. The van der Waals surface area contributed by atoms with Crippen LogP contribution in [0.15, 0.2) is 60.8 Å². The first-order valence-electron chi connectivity index (χ1n) is 14.9. The Morgan fingerprint density at radius 2 is 1.78 bits per heavy atom. The van der Waals surface area contributed by atoms with E-state index < -0.39 is 5.97 Å². The predicted molar refractivity (Wildman–Crippen MR) is 161 cm³/mol. The molecule has 7 rings (SSSR count). The second-order valence-corrected chi connectivity index (χ2v) is 12.0. The van der Waals surface area contributed by atoms with Gasteiger partial charge in [-0.2, -0.15) is 5.10 Å². The number of aromatic carboxylic acids is 1. The lowest BCUT2D eigenvalue weighted by molar-refractivity contribution is 0.0696. The Labute approximate surface area is 241 Å². The number of anilines is 1. The third kappa shape index (κ3) is 4.93. The zero-order valence-corrected chi connectivity index (χ0v) is 23.9. The molecule has 4 heterocycles. The highest BCUT2D eigenvalue weighted by atomic mass is 16.4. The monoisotopic (exact) mass is 547 g/mol. The van der Waals surface area contributed by atoms with Crippen LogP contribution in [0.5, 0.6) is 0 Å². The molecule has 0 radical (unpaired) electrons. The molecule has 41 heavy (non-hydrogen) atoms. The summed E-state index contributed by atoms with van der Waals surface area (Å²) in [5, 5.41) is 13.8. The number of aryl methyl sites for hydroxylation is 1. The largest absolute Gasteiger partial charge is 0.478 e. The highest BCUT2D eigenvalue weighted by Gasteiger charge is 2.32. The van der Waals surface area contributed by atoms with E-state index in [1.54, 1.807) is 11.6 Å². The van der Waals surface area contributed by atoms with E-state index in [1.165, 1.54) is 72.9 Å². The Bertz CT molecular complexity index is 1610. The van der Waals surface area contributed by atoms with E-state index >= 15 is 0 Å². The fraction of sp³-hybridized carbons (Fsp3) is 0.382. The maximum atomic E-state index is 11.5. The number of hydrogen-bond donors (Lipinski definition) is 1. The van der Waals surface area contributed by atoms with Gasteiger partial charge in [0.1, 0.15) is 5.56 Å². The number of carboxylic acid groups (broad SMARTS) is 1. The van der Waals surface area contributed by atoms with Crippen molar-refractivity contribution in [3.05, 3.63) is 94.3 Å². The number of benzene rings is 2. The molecule has 0 spiro atoms. The van der Waals surface area contributed by atoms with Crippen molar-refractivity contribution in [3.63, 3.8) is 0 Å². The van der Waals surface area contributed by atoms with Gasteiger partial charge in [-0.3, -0.25) is 0 Å². The molecule has 1 aliphatic carbocycles. The molecule has 7 nitrogen and oxygen atoms in total. The van der Waals surface area contributed by atoms with Crippen molar-refractivity contribution in [2.45, 2.75) is 64.5 Å². The zero-order valence-electron chi connectivity index (χ0n) is 23.9. The molecule has 0 amide bonds. The molecule has 0 atom stereocenters. The minimum absolute atomic E-state index is 0.189. The van der Waals surface area contributed by atoms with Gasteiger partial charge >= 0.3 is 5.97 Å². The number of carbonyl (C=O) groups is 1. The highest BCUT2D eigenvalue weighted by Crippen LogP contribution is 2.39. The van der Waals surface area contributed by atoms with Gasteiger partial charge in [0.05, 0.1) is 17.6 Å². The Morgan fingerprint density at radius 3 is 2.51 bits per heavy atom. The van der Waals surface area contributed by atoms with Crippen LogP contribution < -0.4 is 4.90 Å². The molecule has 2 fully saturated rings. The van der Waals surface area contributed by atoms with Gasteiger partial charge in [-0.25, -0.2) is 14.5 Å². The molecule has 0 bridgehead atoms. The summed E-state index contributed by atoms with van der Waals surface area (Å²) in [6.45, 7) is 8.38. The zero-order chi connectivity index (χ0) is 28.1. The Balaban J connectivity index is 1.13. The minimum atomic E-state index is -0.983. The maximum Gasteiger partial charge on any atom is 0.339 e. The van der Waals surface area contributed by atoms with Crippen LogP contribution in [-0.4, -0.2) is 56.4 Å². The molecule has 2 aliphatic heterocycles. The lowest BCUT2D eigenvalue weighted by Crippen LogP contribution is -2.34. The van der Waals surface area contributed by atoms with Crippen molar-refractivity contribution >= 4 is 11.7 Å². The smallest absolute Gasteiger partial charge is 0.339 e. The number of piperidine rings is 1. The van der Waals surface area contributed by atoms with Crippen LogP contribution in [0, 0.1) is 13.8 Å². The van der Waals surface area contributed by atoms with Crippen LogP contribution in [0.25, 0.3) is 17.1 Å². The Kier molecular flexibility index (Phi) is 6.62. The summed E-state index contributed by atoms with van der Waals surface area (Å²) in [7, 11) is 0. The normalized spacial score (nSPS) is 17.7. The maximum absolute atomic E-state index is 11.5. The average Bonchev–Trinajstić information content (AvgIpc) is 3.65. The van der Waals surface area contributed by atoms with Crippen molar-refractivity contribution < 1.29 is 9.90 Å². The molecule has 7 heteroatoms. The van der Waals surface area contributed by atoms with E-state index in [2.05, 4.69) is 58.2 Å². The van der Waals surface area contributed by atoms with E-state index in [0.717, 1.165) is 36.8 Å². The Hall–Kier alpha value is -3.97. The molecule has 1 saturated heterocycles. The lowest BCUT2D eigenvalue weighted by atomic mass is 9.87. The quantitative estimate of drug-likeness (QED) is 0.299. The van der Waals surface area contributed by atoms with Crippen LogP contribution in [0.4, 0.5) is 5.69 Å². The second-order valence-electron chi connectivity index (χ2n) is 12.0. The summed E-state index contributed by atoms with van der Waals surface area (Å²) in [6.07, 6.45) is 7.76. The van der Waals surface area contributed by atoms with Gasteiger partial charge in [0, 0.05) is 30.4 Å². The molecule has 1 saturated carbocycles. The first-order valence-corrected chi connectivity index (χ1v) is 14.9. The van der Waals surface area contributed by atoms with Crippen LogP contribution >= 0.6 is 0 Å². The first-order chi connectivity index (χ1) is 20.0. The lowest BCUT2D eigenvalue weighted by Gasteiger charge is -2.32. The van der Waals surface area contributed by atoms with Crippen molar-refractivity contribution in [2.24, 2.45) is 0 Å². The molecular formula is C34H37N5O2. The van der Waals surface area contributed by atoms with Crippen molar-refractivity contribution in [1.82, 2.24) is 19.7 Å². The van der Waals surface area contributed by atoms with Gasteiger partial charge in [-0.15, -0.1) is 0 Å². The first kappa shape index (κ1) is 26.0. The number of nitrogens with zero attached hydrogens (tertiary/aromatic N) is 5. The molecule has 4 aromatic rings. The van der Waals surface area contributed by atoms with Crippen LogP contribution in [0.3, 0.4) is 0 Å². The SMILES string of the molecule is Cc1cc(C2CCN(C3CC3)CC2)ccc1CN1CCc2cccc(-c3cccc(-n4ncc(C(=O)O)c4C)n3)c21. The molecule has 2 aromatic heterocycles. The highest BCUT2D eigenvalue weighted by molar-refractivity contribution is 5.88. The van der Waals surface area contributed by atoms with Crippen molar-refractivity contribution in [1.29, 1.82) is 0 Å². The van der Waals surface area contributed by atoms with Crippen molar-refractivity contribution in [2.75, 3.05) is 24.5 Å². The van der Waals surface area contributed by atoms with E-state index in [1.807, 2.05) is 18.2 Å². The van der Waals surface area contributed by atoms with E-state index in [9.17, 15) is 9.90 Å². The minimum Gasteiger partial charge on any atom is -0.478 e. The molecule has 3 aliphatic rings. The van der Waals surface area contributed by atoms with Gasteiger partial charge in [0.15, 0.2) is 5.82 Å². The summed E-state index contributed by atoms with van der Waals surface area (Å²) in [4.78, 5) is 21.7. The number of para-hydroxylation sites is 1. The van der Waals surface area contributed by atoms with Crippen LogP contribution in [0.2, 0.25) is 0 Å². The predicted octanol–water partition coefficient (Wildman–Crippen LogP) is 6.15. The van der Waals surface area contributed by atoms with E-state index in [4.69, 9.17) is 4.98 Å². The number of hydrogen-bond acceptors (Lipinski definition) is 5. The van der Waals surface area contributed by atoms with Crippen LogP contribution in [-0.2, 0) is 13.0 Å². The topological polar surface area (TPSA) is 74.5 Å². The molecule has 1 N–H and O–H groups in total. The van der Waals surface area contributed by atoms with Gasteiger partial charge < -0.3 is 14.9 Å². The van der Waals surface area contributed by atoms with Gasteiger partial charge in [0.25, 0.3) is 0 Å². The summed E-state index contributed by atoms with van der Waals surface area (Å²) < 4.78 is 1.61. The number of likely N-dealkylation sites (tertiary alicyclic amines) is 1. The summed E-state index contributed by atoms with van der Waals surface area (Å²) >= 11 is 0. The standard InChI is InChI=1S/C34H37N5O2/c1-22-19-26(24-13-16-37(17-14-24)28-11-12-28)9-10-27(22)21-38-18-15-25-5-3-6-29(33(25)38)31-7-4-8-32(36-31)39-23(2)30(20-35-39)34(40)41/h3-10,19-20,24,28H,11-18,21H2,1-2H3,(H,40,41). The van der Waals surface area contributed by atoms with Gasteiger partial charge in [-0.1, -0.05) is 42.5 Å². The summed E-state index contributed by atoms with van der Waals surface area (Å²) in [5.74, 6) is 0.313. The molecule has 2 aromatic carbocycles. The van der Waals surface area contributed by atoms with Gasteiger partial charge in [0.2, 0.25) is 0 Å². The number of fused-ring (bicyclic) bond motifs is 1. The molecule has 210 valence electrons. The van der Waals surface area contributed by atoms with Crippen LogP contribution in [0.1, 0.15) is 69.9 Å². The van der Waals surface area contributed by atoms with Crippen molar-refractivity contribution in [3.8, 4) is 17.1 Å². The number of carboxylic acids is 1. The second kappa shape index (κ2) is 10.5. The number of aromatic nitrogens is 3. The van der Waals surface area contributed by atoms with Gasteiger partial charge in [-0.05, 0) is 99.3 Å². The van der Waals surface area contributed by atoms with E-state index in [-0.39, 0.29) is 5.56 Å². The van der Waals surface area contributed by atoms with E-state index in [0.29, 0.717) is 17.4 Å². The Morgan fingerprint density at radius 1 is 0.976 bits per heavy atom. The third-order valence-corrected chi connectivity index (χ3v) is 9.35.